The van der Waals surface area contributed by atoms with Crippen molar-refractivity contribution in [3.05, 3.63) is 23.3 Å². The van der Waals surface area contributed by atoms with Gasteiger partial charge in [-0.3, -0.25) is 9.59 Å². The normalized spacial score (nSPS) is 43.5. The molecular weight excluding hydrogens is 408 g/mol. The zero-order chi connectivity index (χ0) is 24.6. The van der Waals surface area contributed by atoms with E-state index in [4.69, 9.17) is 0 Å². The van der Waals surface area contributed by atoms with Crippen LogP contribution in [0.1, 0.15) is 100 Å². The van der Waals surface area contributed by atoms with E-state index in [1.54, 1.807) is 11.6 Å². The van der Waals surface area contributed by atoms with Gasteiger partial charge >= 0.3 is 0 Å². The van der Waals surface area contributed by atoms with Gasteiger partial charge in [-0.2, -0.15) is 0 Å². The van der Waals surface area contributed by atoms with Crippen LogP contribution < -0.4 is 0 Å². The third-order valence-corrected chi connectivity index (χ3v) is 11.5. The maximum Gasteiger partial charge on any atom is 0.184 e. The summed E-state index contributed by atoms with van der Waals surface area (Å²) in [5.41, 5.74) is 2.73. The lowest BCUT2D eigenvalue weighted by atomic mass is 9.41. The molecule has 8 atom stereocenters. The molecule has 0 aromatic rings. The van der Waals surface area contributed by atoms with Gasteiger partial charge in [0.05, 0.1) is 0 Å². The fourth-order valence-electron chi connectivity index (χ4n) is 9.25. The summed E-state index contributed by atoms with van der Waals surface area (Å²) in [5.74, 6) is 1.56. The number of ketones is 2. The van der Waals surface area contributed by atoms with Crippen molar-refractivity contribution in [1.82, 2.24) is 0 Å². The Balaban J connectivity index is 1.67. The summed E-state index contributed by atoms with van der Waals surface area (Å²) in [6, 6.07) is 0. The Hall–Kier alpha value is -1.22. The van der Waals surface area contributed by atoms with E-state index in [1.165, 1.54) is 0 Å². The third kappa shape index (κ3) is 3.39. The molecule has 1 N–H and O–H groups in total. The second kappa shape index (κ2) is 7.90. The number of hydrogen-bond acceptors (Lipinski definition) is 3. The SMILES string of the molecule is CC(C)=CC(=O)[C@@H](O)[C@H](C)[C@@H]1CC[C@]2(C)C3=CC[C@@H]4C(C)(C)C(=O)CC[C@]4(C)[C@H]3CC[C@@]12C. The maximum atomic E-state index is 12.8. The standard InChI is InChI=1S/C30H46O3/c1-18(2)17-23(31)26(33)19(3)20-11-15-30(8)22-9-10-24-27(4,5)25(32)13-14-28(24,6)21(22)12-16-29(20,30)7/h9,17,19-21,24,26,33H,10-16H2,1-8H3/t19-,20+,21+,24-,26+,28-,29+,30-/m1/s1. The van der Waals surface area contributed by atoms with Crippen LogP contribution in [0.5, 0.6) is 0 Å². The number of aliphatic hydroxyl groups excluding tert-OH is 1. The van der Waals surface area contributed by atoms with E-state index in [1.807, 2.05) is 13.8 Å². The molecule has 0 bridgehead atoms. The van der Waals surface area contributed by atoms with Gasteiger partial charge in [0.25, 0.3) is 0 Å². The summed E-state index contributed by atoms with van der Waals surface area (Å²) in [4.78, 5) is 25.4. The first kappa shape index (κ1) is 24.9. The molecule has 0 heterocycles. The van der Waals surface area contributed by atoms with E-state index in [9.17, 15) is 14.7 Å². The van der Waals surface area contributed by atoms with Gasteiger partial charge in [0, 0.05) is 11.8 Å². The molecule has 0 unspecified atom stereocenters. The van der Waals surface area contributed by atoms with Gasteiger partial charge in [-0.05, 0) is 98.4 Å². The van der Waals surface area contributed by atoms with Crippen LogP contribution in [-0.4, -0.2) is 22.8 Å². The third-order valence-electron chi connectivity index (χ3n) is 11.5. The Morgan fingerprint density at radius 2 is 1.76 bits per heavy atom. The molecule has 4 aliphatic rings. The fraction of sp³-hybridized carbons (Fsp3) is 0.800. The number of aliphatic hydroxyl groups is 1. The average molecular weight is 455 g/mol. The Morgan fingerprint density at radius 1 is 1.09 bits per heavy atom. The number of allylic oxidation sites excluding steroid dienone is 3. The van der Waals surface area contributed by atoms with Crippen LogP contribution in [0.4, 0.5) is 0 Å². The molecule has 184 valence electrons. The van der Waals surface area contributed by atoms with Crippen LogP contribution >= 0.6 is 0 Å². The largest absolute Gasteiger partial charge is 0.385 e. The number of carbonyl (C=O) groups excluding carboxylic acids is 2. The Labute approximate surface area is 201 Å². The summed E-state index contributed by atoms with van der Waals surface area (Å²) in [6.45, 7) is 17.7. The number of rotatable bonds is 4. The van der Waals surface area contributed by atoms with Gasteiger partial charge in [-0.15, -0.1) is 0 Å². The molecule has 0 aromatic carbocycles. The molecular formula is C30H46O3. The van der Waals surface area contributed by atoms with E-state index >= 15 is 0 Å². The molecule has 0 aliphatic heterocycles. The summed E-state index contributed by atoms with van der Waals surface area (Å²) in [7, 11) is 0. The van der Waals surface area contributed by atoms with Gasteiger partial charge in [0.2, 0.25) is 0 Å². The second-order valence-electron chi connectivity index (χ2n) is 13.5. The molecule has 0 radical (unpaired) electrons. The highest BCUT2D eigenvalue weighted by molar-refractivity contribution is 5.94. The summed E-state index contributed by atoms with van der Waals surface area (Å²) < 4.78 is 0. The van der Waals surface area contributed by atoms with E-state index < -0.39 is 6.10 Å². The minimum Gasteiger partial charge on any atom is -0.385 e. The van der Waals surface area contributed by atoms with E-state index in [0.717, 1.165) is 50.5 Å². The van der Waals surface area contributed by atoms with E-state index in [0.29, 0.717) is 23.5 Å². The van der Waals surface area contributed by atoms with E-state index in [-0.39, 0.29) is 33.4 Å². The van der Waals surface area contributed by atoms with Crippen molar-refractivity contribution in [3.8, 4) is 0 Å². The van der Waals surface area contributed by atoms with Crippen LogP contribution in [0, 0.1) is 45.3 Å². The monoisotopic (exact) mass is 454 g/mol. The number of hydrogen-bond donors (Lipinski definition) is 1. The Kier molecular flexibility index (Phi) is 5.96. The first-order valence-corrected chi connectivity index (χ1v) is 13.3. The maximum absolute atomic E-state index is 12.8. The Bertz CT molecular complexity index is 906. The highest BCUT2D eigenvalue weighted by atomic mass is 16.3. The summed E-state index contributed by atoms with van der Waals surface area (Å²) >= 11 is 0. The number of Topliss-reactive ketones (excluding diaryl/α,β-unsaturated/α-hetero) is 1. The minimum atomic E-state index is -0.922. The van der Waals surface area contributed by atoms with E-state index in [2.05, 4.69) is 47.6 Å². The minimum absolute atomic E-state index is 0.0461. The van der Waals surface area contributed by atoms with Gasteiger partial charge in [-0.25, -0.2) is 0 Å². The van der Waals surface area contributed by atoms with Gasteiger partial charge in [0.15, 0.2) is 5.78 Å². The summed E-state index contributed by atoms with van der Waals surface area (Å²) in [5, 5.41) is 11.0. The van der Waals surface area contributed by atoms with Gasteiger partial charge in [0.1, 0.15) is 11.9 Å². The molecule has 0 amide bonds. The van der Waals surface area contributed by atoms with Crippen molar-refractivity contribution in [2.45, 2.75) is 106 Å². The van der Waals surface area contributed by atoms with Crippen molar-refractivity contribution in [2.75, 3.05) is 0 Å². The molecule has 3 fully saturated rings. The van der Waals surface area contributed by atoms with Crippen molar-refractivity contribution < 1.29 is 14.7 Å². The smallest absolute Gasteiger partial charge is 0.184 e. The average Bonchev–Trinajstić information content (AvgIpc) is 3.01. The van der Waals surface area contributed by atoms with Crippen molar-refractivity contribution in [3.63, 3.8) is 0 Å². The zero-order valence-electron chi connectivity index (χ0n) is 22.3. The second-order valence-corrected chi connectivity index (χ2v) is 13.5. The highest BCUT2D eigenvalue weighted by Gasteiger charge is 2.65. The van der Waals surface area contributed by atoms with Gasteiger partial charge in [-0.1, -0.05) is 58.8 Å². The van der Waals surface area contributed by atoms with Crippen LogP contribution in [0.3, 0.4) is 0 Å². The molecule has 4 rings (SSSR count). The highest BCUT2D eigenvalue weighted by Crippen LogP contribution is 2.73. The van der Waals surface area contributed by atoms with Crippen LogP contribution in [0.25, 0.3) is 0 Å². The predicted molar refractivity (Wildman–Crippen MR) is 134 cm³/mol. The van der Waals surface area contributed by atoms with Gasteiger partial charge < -0.3 is 5.11 Å². The molecule has 0 aromatic heterocycles. The first-order chi connectivity index (χ1) is 15.2. The number of fused-ring (bicyclic) bond motifs is 5. The van der Waals surface area contributed by atoms with Crippen molar-refractivity contribution in [1.29, 1.82) is 0 Å². The molecule has 33 heavy (non-hydrogen) atoms. The fourth-order valence-corrected chi connectivity index (χ4v) is 9.25. The molecule has 0 spiro atoms. The topological polar surface area (TPSA) is 54.4 Å². The van der Waals surface area contributed by atoms with Crippen LogP contribution in [-0.2, 0) is 9.59 Å². The quantitative estimate of drug-likeness (QED) is 0.380. The lowest BCUT2D eigenvalue weighted by molar-refractivity contribution is -0.146. The molecule has 3 heteroatoms. The molecule has 3 saturated carbocycles. The Morgan fingerprint density at radius 3 is 2.39 bits per heavy atom. The predicted octanol–water partition coefficient (Wildman–Crippen LogP) is 6.69. The van der Waals surface area contributed by atoms with Crippen molar-refractivity contribution in [2.24, 2.45) is 45.3 Å². The summed E-state index contributed by atoms with van der Waals surface area (Å²) in [6.07, 6.45) is 10.5. The number of carbonyl (C=O) groups is 2. The lowest BCUT2D eigenvalue weighted by Gasteiger charge is -2.63. The first-order valence-electron chi connectivity index (χ1n) is 13.3. The zero-order valence-corrected chi connectivity index (χ0v) is 22.3. The molecule has 3 nitrogen and oxygen atoms in total. The lowest BCUT2D eigenvalue weighted by Crippen LogP contribution is -2.57. The van der Waals surface area contributed by atoms with Crippen molar-refractivity contribution >= 4 is 11.6 Å². The van der Waals surface area contributed by atoms with Crippen LogP contribution in [0.2, 0.25) is 0 Å². The molecule has 0 saturated heterocycles. The van der Waals surface area contributed by atoms with Crippen LogP contribution in [0.15, 0.2) is 23.3 Å². The molecule has 4 aliphatic carbocycles.